The average Bonchev–Trinajstić information content (AvgIpc) is 2.63. The van der Waals surface area contributed by atoms with Crippen molar-refractivity contribution in [3.63, 3.8) is 0 Å². The first-order chi connectivity index (χ1) is 13.3. The predicted octanol–water partition coefficient (Wildman–Crippen LogP) is 3.66. The number of halogens is 2. The maximum Gasteiger partial charge on any atom is 0.244 e. The van der Waals surface area contributed by atoms with Gasteiger partial charge in [-0.15, -0.1) is 0 Å². The molecule has 0 bridgehead atoms. The number of hydrogen-bond acceptors (Lipinski definition) is 3. The number of anilines is 1. The fourth-order valence-electron chi connectivity index (χ4n) is 2.58. The molecule has 2 N–H and O–H groups in total. The van der Waals surface area contributed by atoms with Gasteiger partial charge in [0.2, 0.25) is 17.7 Å². The SMILES string of the molecule is CC(=O)NC(CC(=O)N(C)CC(=O)Nc1ccccc1Cl)c1ccc(Cl)cc1. The molecule has 28 heavy (non-hydrogen) atoms. The summed E-state index contributed by atoms with van der Waals surface area (Å²) in [4.78, 5) is 37.6. The summed E-state index contributed by atoms with van der Waals surface area (Å²) < 4.78 is 0. The number of nitrogens with zero attached hydrogens (tertiary/aromatic N) is 1. The van der Waals surface area contributed by atoms with Gasteiger partial charge in [-0.3, -0.25) is 14.4 Å². The molecule has 1 atom stereocenters. The maximum atomic E-state index is 12.6. The summed E-state index contributed by atoms with van der Waals surface area (Å²) in [7, 11) is 1.53. The van der Waals surface area contributed by atoms with E-state index < -0.39 is 6.04 Å². The van der Waals surface area contributed by atoms with Gasteiger partial charge in [0.25, 0.3) is 0 Å². The van der Waals surface area contributed by atoms with Crippen LogP contribution in [-0.2, 0) is 14.4 Å². The molecule has 0 heterocycles. The second-order valence-corrected chi connectivity index (χ2v) is 7.13. The Morgan fingerprint density at radius 2 is 1.68 bits per heavy atom. The number of hydrogen-bond donors (Lipinski definition) is 2. The molecule has 3 amide bonds. The van der Waals surface area contributed by atoms with Crippen LogP contribution in [0, 0.1) is 0 Å². The van der Waals surface area contributed by atoms with Crippen molar-refractivity contribution in [3.8, 4) is 0 Å². The Morgan fingerprint density at radius 1 is 1.04 bits per heavy atom. The first kappa shape index (κ1) is 21.7. The number of carbonyl (C=O) groups is 3. The molecule has 0 saturated carbocycles. The molecular formula is C20H21Cl2N3O3. The van der Waals surface area contributed by atoms with Gasteiger partial charge in [-0.05, 0) is 29.8 Å². The molecule has 2 aromatic carbocycles. The van der Waals surface area contributed by atoms with Crippen molar-refractivity contribution in [3.05, 3.63) is 64.1 Å². The standard InChI is InChI=1S/C20H21Cl2N3O3/c1-13(26)23-18(14-7-9-15(21)10-8-14)11-20(28)25(2)12-19(27)24-17-6-4-3-5-16(17)22/h3-10,18H,11-12H2,1-2H3,(H,23,26)(H,24,27). The van der Waals surface area contributed by atoms with Crippen LogP contribution in [0.15, 0.2) is 48.5 Å². The van der Waals surface area contributed by atoms with Gasteiger partial charge in [-0.25, -0.2) is 0 Å². The lowest BCUT2D eigenvalue weighted by molar-refractivity contribution is -0.134. The Kier molecular flexibility index (Phi) is 7.84. The summed E-state index contributed by atoms with van der Waals surface area (Å²) in [5.74, 6) is -0.915. The average molecular weight is 422 g/mol. The minimum atomic E-state index is -0.517. The van der Waals surface area contributed by atoms with E-state index in [2.05, 4.69) is 10.6 Å². The molecule has 6 nitrogen and oxygen atoms in total. The molecule has 0 aliphatic rings. The van der Waals surface area contributed by atoms with Gasteiger partial charge >= 0.3 is 0 Å². The highest BCUT2D eigenvalue weighted by molar-refractivity contribution is 6.33. The van der Waals surface area contributed by atoms with Crippen molar-refractivity contribution in [1.82, 2.24) is 10.2 Å². The molecule has 0 aromatic heterocycles. The molecule has 0 saturated heterocycles. The van der Waals surface area contributed by atoms with Crippen LogP contribution in [0.5, 0.6) is 0 Å². The van der Waals surface area contributed by atoms with Crippen LogP contribution in [0.25, 0.3) is 0 Å². The summed E-state index contributed by atoms with van der Waals surface area (Å²) in [5.41, 5.74) is 1.23. The van der Waals surface area contributed by atoms with Crippen LogP contribution in [0.1, 0.15) is 24.9 Å². The smallest absolute Gasteiger partial charge is 0.244 e. The van der Waals surface area contributed by atoms with Gasteiger partial charge < -0.3 is 15.5 Å². The number of likely N-dealkylation sites (N-methyl/N-ethyl adjacent to an activating group) is 1. The third kappa shape index (κ3) is 6.55. The molecule has 0 spiro atoms. The lowest BCUT2D eigenvalue weighted by atomic mass is 10.0. The molecule has 0 aliphatic heterocycles. The van der Waals surface area contributed by atoms with E-state index in [9.17, 15) is 14.4 Å². The largest absolute Gasteiger partial charge is 0.349 e. The molecule has 0 radical (unpaired) electrons. The van der Waals surface area contributed by atoms with Crippen LogP contribution in [-0.4, -0.2) is 36.2 Å². The molecular weight excluding hydrogens is 401 g/mol. The fraction of sp³-hybridized carbons (Fsp3) is 0.250. The lowest BCUT2D eigenvalue weighted by Gasteiger charge is -2.22. The van der Waals surface area contributed by atoms with Crippen LogP contribution in [0.3, 0.4) is 0 Å². The highest BCUT2D eigenvalue weighted by Gasteiger charge is 2.21. The summed E-state index contributed by atoms with van der Waals surface area (Å²) in [6.07, 6.45) is 0.0110. The van der Waals surface area contributed by atoms with E-state index in [-0.39, 0.29) is 30.7 Å². The molecule has 2 rings (SSSR count). The number of amides is 3. The first-order valence-electron chi connectivity index (χ1n) is 8.57. The Balaban J connectivity index is 1.99. The normalized spacial score (nSPS) is 11.4. The number of rotatable bonds is 7. The Hall–Kier alpha value is -2.57. The van der Waals surface area contributed by atoms with Crippen LogP contribution in [0.4, 0.5) is 5.69 Å². The first-order valence-corrected chi connectivity index (χ1v) is 9.32. The van der Waals surface area contributed by atoms with E-state index in [1.807, 2.05) is 0 Å². The van der Waals surface area contributed by atoms with Gasteiger partial charge in [0.1, 0.15) is 0 Å². The minimum absolute atomic E-state index is 0.0110. The van der Waals surface area contributed by atoms with Crippen LogP contribution >= 0.6 is 23.2 Å². The van der Waals surface area contributed by atoms with Crippen molar-refractivity contribution >= 4 is 46.6 Å². The summed E-state index contributed by atoms with van der Waals surface area (Å²) in [6, 6.07) is 13.2. The highest BCUT2D eigenvalue weighted by atomic mass is 35.5. The second kappa shape index (κ2) is 10.1. The Labute approximate surface area is 173 Å². The Morgan fingerprint density at radius 3 is 2.29 bits per heavy atom. The number of carbonyl (C=O) groups excluding carboxylic acids is 3. The van der Waals surface area contributed by atoms with Crippen LogP contribution in [0.2, 0.25) is 10.0 Å². The van der Waals surface area contributed by atoms with E-state index in [0.29, 0.717) is 15.7 Å². The zero-order valence-electron chi connectivity index (χ0n) is 15.5. The molecule has 0 fully saturated rings. The van der Waals surface area contributed by atoms with Gasteiger partial charge in [-0.2, -0.15) is 0 Å². The van der Waals surface area contributed by atoms with E-state index >= 15 is 0 Å². The van der Waals surface area contributed by atoms with Gasteiger partial charge in [-0.1, -0.05) is 47.5 Å². The van der Waals surface area contributed by atoms with Gasteiger partial charge in [0.15, 0.2) is 0 Å². The summed E-state index contributed by atoms with van der Waals surface area (Å²) in [5, 5.41) is 6.40. The van der Waals surface area contributed by atoms with Crippen molar-refractivity contribution < 1.29 is 14.4 Å². The third-order valence-electron chi connectivity index (χ3n) is 3.98. The quantitative estimate of drug-likeness (QED) is 0.715. The van der Waals surface area contributed by atoms with Crippen molar-refractivity contribution in [2.24, 2.45) is 0 Å². The van der Waals surface area contributed by atoms with Gasteiger partial charge in [0, 0.05) is 19.0 Å². The molecule has 0 aliphatic carbocycles. The van der Waals surface area contributed by atoms with E-state index in [1.54, 1.807) is 48.5 Å². The van der Waals surface area contributed by atoms with E-state index in [0.717, 1.165) is 5.56 Å². The zero-order valence-corrected chi connectivity index (χ0v) is 17.1. The summed E-state index contributed by atoms with van der Waals surface area (Å²) >= 11 is 11.9. The fourth-order valence-corrected chi connectivity index (χ4v) is 2.89. The number of para-hydroxylation sites is 1. The molecule has 1 unspecified atom stereocenters. The predicted molar refractivity (Wildman–Crippen MR) is 110 cm³/mol. The maximum absolute atomic E-state index is 12.6. The number of nitrogens with one attached hydrogen (secondary N) is 2. The molecule has 2 aromatic rings. The van der Waals surface area contributed by atoms with Crippen molar-refractivity contribution in [2.75, 3.05) is 18.9 Å². The highest BCUT2D eigenvalue weighted by Crippen LogP contribution is 2.21. The van der Waals surface area contributed by atoms with Crippen molar-refractivity contribution in [2.45, 2.75) is 19.4 Å². The number of benzene rings is 2. The topological polar surface area (TPSA) is 78.5 Å². The summed E-state index contributed by atoms with van der Waals surface area (Å²) in [6.45, 7) is 1.24. The zero-order chi connectivity index (χ0) is 20.7. The molecule has 8 heteroatoms. The van der Waals surface area contributed by atoms with E-state index in [4.69, 9.17) is 23.2 Å². The van der Waals surface area contributed by atoms with E-state index in [1.165, 1.54) is 18.9 Å². The third-order valence-corrected chi connectivity index (χ3v) is 4.56. The minimum Gasteiger partial charge on any atom is -0.349 e. The van der Waals surface area contributed by atoms with Gasteiger partial charge in [0.05, 0.1) is 29.7 Å². The van der Waals surface area contributed by atoms with Crippen LogP contribution < -0.4 is 10.6 Å². The van der Waals surface area contributed by atoms with Crippen molar-refractivity contribution in [1.29, 1.82) is 0 Å². The Bertz CT molecular complexity index is 856. The second-order valence-electron chi connectivity index (χ2n) is 6.29. The molecule has 148 valence electrons. The monoisotopic (exact) mass is 421 g/mol. The lowest BCUT2D eigenvalue weighted by Crippen LogP contribution is -2.38.